The molecule has 0 aromatic heterocycles. The molecule has 146 valence electrons. The van der Waals surface area contributed by atoms with Crippen LogP contribution in [0.2, 0.25) is 0 Å². The van der Waals surface area contributed by atoms with Gasteiger partial charge in [-0.1, -0.05) is 36.9 Å². The number of para-hydroxylation sites is 3. The van der Waals surface area contributed by atoms with Gasteiger partial charge >= 0.3 is 5.69 Å². The summed E-state index contributed by atoms with van der Waals surface area (Å²) in [6, 6.07) is 12.2. The molecule has 1 atom stereocenters. The summed E-state index contributed by atoms with van der Waals surface area (Å²) in [6.45, 7) is 5.16. The van der Waals surface area contributed by atoms with Gasteiger partial charge in [-0.05, 0) is 25.1 Å². The molecule has 2 rings (SSSR count). The lowest BCUT2D eigenvalue weighted by molar-refractivity contribution is -0.386. The molecule has 9 heteroatoms. The molecule has 2 aromatic carbocycles. The summed E-state index contributed by atoms with van der Waals surface area (Å²) < 4.78 is 10.7. The zero-order valence-corrected chi connectivity index (χ0v) is 15.1. The van der Waals surface area contributed by atoms with Crippen molar-refractivity contribution in [3.8, 4) is 11.5 Å². The predicted molar refractivity (Wildman–Crippen MR) is 101 cm³/mol. The minimum absolute atomic E-state index is 0.0513. The molecule has 0 radical (unpaired) electrons. The van der Waals surface area contributed by atoms with E-state index in [9.17, 15) is 19.7 Å². The van der Waals surface area contributed by atoms with Crippen molar-refractivity contribution in [1.82, 2.24) is 10.9 Å². The molecule has 0 aliphatic rings. The number of hydrogen-bond acceptors (Lipinski definition) is 6. The second-order valence-corrected chi connectivity index (χ2v) is 5.52. The van der Waals surface area contributed by atoms with Crippen LogP contribution in [0.15, 0.2) is 61.2 Å². The number of hydrogen-bond donors (Lipinski definition) is 2. The van der Waals surface area contributed by atoms with Crippen molar-refractivity contribution in [2.45, 2.75) is 13.0 Å². The van der Waals surface area contributed by atoms with Gasteiger partial charge in [-0.25, -0.2) is 0 Å². The molecule has 0 aliphatic heterocycles. The fourth-order valence-electron chi connectivity index (χ4n) is 2.17. The van der Waals surface area contributed by atoms with Crippen LogP contribution in [0.4, 0.5) is 5.69 Å². The second-order valence-electron chi connectivity index (χ2n) is 5.52. The number of rotatable bonds is 8. The first-order chi connectivity index (χ1) is 13.4. The fraction of sp³-hybridized carbons (Fsp3) is 0.158. The van der Waals surface area contributed by atoms with E-state index >= 15 is 0 Å². The summed E-state index contributed by atoms with van der Waals surface area (Å²) in [7, 11) is 0. The van der Waals surface area contributed by atoms with E-state index in [1.165, 1.54) is 37.3 Å². The highest BCUT2D eigenvalue weighted by Gasteiger charge is 2.21. The first-order valence-corrected chi connectivity index (χ1v) is 8.27. The summed E-state index contributed by atoms with van der Waals surface area (Å²) in [5.74, 6) is -0.995. The molecular weight excluding hydrogens is 366 g/mol. The van der Waals surface area contributed by atoms with E-state index in [0.29, 0.717) is 5.75 Å². The molecule has 0 heterocycles. The Balaban J connectivity index is 1.98. The third-order valence-electron chi connectivity index (χ3n) is 3.52. The first-order valence-electron chi connectivity index (χ1n) is 8.27. The van der Waals surface area contributed by atoms with E-state index in [0.717, 1.165) is 0 Å². The van der Waals surface area contributed by atoms with Gasteiger partial charge in [-0.3, -0.25) is 30.6 Å². The van der Waals surface area contributed by atoms with E-state index in [4.69, 9.17) is 9.47 Å². The van der Waals surface area contributed by atoms with E-state index in [-0.39, 0.29) is 23.6 Å². The number of nitro groups is 1. The summed E-state index contributed by atoms with van der Waals surface area (Å²) in [4.78, 5) is 34.8. The van der Waals surface area contributed by atoms with Crippen LogP contribution in [0.25, 0.3) is 0 Å². The summed E-state index contributed by atoms with van der Waals surface area (Å²) in [6.07, 6.45) is 0.451. The summed E-state index contributed by atoms with van der Waals surface area (Å²) >= 11 is 0. The minimum Gasteiger partial charge on any atom is -0.489 e. The van der Waals surface area contributed by atoms with Crippen molar-refractivity contribution in [2.24, 2.45) is 0 Å². The maximum absolute atomic E-state index is 12.3. The number of nitro benzene ring substituents is 1. The highest BCUT2D eigenvalue weighted by atomic mass is 16.6. The largest absolute Gasteiger partial charge is 0.489 e. The molecule has 0 saturated carbocycles. The monoisotopic (exact) mass is 385 g/mol. The van der Waals surface area contributed by atoms with Crippen molar-refractivity contribution >= 4 is 17.5 Å². The van der Waals surface area contributed by atoms with Gasteiger partial charge < -0.3 is 9.47 Å². The van der Waals surface area contributed by atoms with Crippen LogP contribution in [0, 0.1) is 10.1 Å². The number of benzene rings is 2. The highest BCUT2D eigenvalue weighted by Crippen LogP contribution is 2.26. The van der Waals surface area contributed by atoms with E-state index in [2.05, 4.69) is 17.4 Å². The van der Waals surface area contributed by atoms with Gasteiger partial charge in [0.2, 0.25) is 0 Å². The van der Waals surface area contributed by atoms with Crippen LogP contribution >= 0.6 is 0 Å². The molecule has 2 amide bonds. The molecule has 0 unspecified atom stereocenters. The SMILES string of the molecule is C=CCOc1ccccc1C(=O)NNC(=O)[C@@H](C)Oc1ccccc1[N+](=O)[O-]. The van der Waals surface area contributed by atoms with Crippen LogP contribution in [-0.4, -0.2) is 29.4 Å². The van der Waals surface area contributed by atoms with Gasteiger partial charge in [0, 0.05) is 6.07 Å². The average Bonchev–Trinajstić information content (AvgIpc) is 2.70. The Morgan fingerprint density at radius 2 is 1.79 bits per heavy atom. The van der Waals surface area contributed by atoms with Gasteiger partial charge in [-0.15, -0.1) is 0 Å². The zero-order chi connectivity index (χ0) is 20.5. The topological polar surface area (TPSA) is 120 Å². The van der Waals surface area contributed by atoms with Crippen molar-refractivity contribution in [1.29, 1.82) is 0 Å². The number of carbonyl (C=O) groups excluding carboxylic acids is 2. The third-order valence-corrected chi connectivity index (χ3v) is 3.52. The van der Waals surface area contributed by atoms with Gasteiger partial charge in [0.05, 0.1) is 10.5 Å². The van der Waals surface area contributed by atoms with Crippen molar-refractivity contribution in [3.63, 3.8) is 0 Å². The van der Waals surface area contributed by atoms with Crippen molar-refractivity contribution in [2.75, 3.05) is 6.61 Å². The van der Waals surface area contributed by atoms with Crippen LogP contribution in [0.1, 0.15) is 17.3 Å². The molecule has 2 N–H and O–H groups in total. The molecule has 9 nitrogen and oxygen atoms in total. The number of hydrazine groups is 1. The van der Waals surface area contributed by atoms with Crippen molar-refractivity contribution in [3.05, 3.63) is 76.9 Å². The number of amides is 2. The zero-order valence-electron chi connectivity index (χ0n) is 15.1. The quantitative estimate of drug-likeness (QED) is 0.409. The Labute approximate surface area is 161 Å². The molecule has 0 aliphatic carbocycles. The summed E-state index contributed by atoms with van der Waals surface area (Å²) in [5.41, 5.74) is 4.44. The van der Waals surface area contributed by atoms with Crippen molar-refractivity contribution < 1.29 is 24.0 Å². The average molecular weight is 385 g/mol. The summed E-state index contributed by atoms with van der Waals surface area (Å²) in [5, 5.41) is 11.0. The Bertz CT molecular complexity index is 883. The number of carbonyl (C=O) groups is 2. The fourth-order valence-corrected chi connectivity index (χ4v) is 2.17. The van der Waals surface area contributed by atoms with E-state index in [1.807, 2.05) is 0 Å². The number of nitrogens with zero attached hydrogens (tertiary/aromatic N) is 1. The predicted octanol–water partition coefficient (Wildman–Crippen LogP) is 2.39. The molecule has 0 fully saturated rings. The second kappa shape index (κ2) is 9.72. The lowest BCUT2D eigenvalue weighted by atomic mass is 10.2. The maximum Gasteiger partial charge on any atom is 0.310 e. The maximum atomic E-state index is 12.3. The number of ether oxygens (including phenoxy) is 2. The molecule has 0 spiro atoms. The molecule has 0 saturated heterocycles. The lowest BCUT2D eigenvalue weighted by Crippen LogP contribution is -2.47. The van der Waals surface area contributed by atoms with Gasteiger partial charge in [-0.2, -0.15) is 0 Å². The standard InChI is InChI=1S/C19H19N3O6/c1-3-12-27-16-10-6-4-8-14(16)19(24)21-20-18(23)13(2)28-17-11-7-5-9-15(17)22(25)26/h3-11,13H,1,12H2,2H3,(H,20,23)(H,21,24)/t13-/m1/s1. The molecule has 0 bridgehead atoms. The Morgan fingerprint density at radius 3 is 2.46 bits per heavy atom. The number of nitrogens with one attached hydrogen (secondary N) is 2. The Hall–Kier alpha value is -3.88. The van der Waals surface area contributed by atoms with Gasteiger partial charge in [0.1, 0.15) is 12.4 Å². The van der Waals surface area contributed by atoms with Crippen LogP contribution in [0.5, 0.6) is 11.5 Å². The van der Waals surface area contributed by atoms with Crippen LogP contribution < -0.4 is 20.3 Å². The third kappa shape index (κ3) is 5.31. The molecular formula is C19H19N3O6. The molecule has 28 heavy (non-hydrogen) atoms. The van der Waals surface area contributed by atoms with E-state index < -0.39 is 22.8 Å². The Kier molecular flexibility index (Phi) is 7.09. The molecule has 2 aromatic rings. The van der Waals surface area contributed by atoms with Crippen LogP contribution in [-0.2, 0) is 4.79 Å². The van der Waals surface area contributed by atoms with Crippen LogP contribution in [0.3, 0.4) is 0 Å². The normalized spacial score (nSPS) is 11.0. The van der Waals surface area contributed by atoms with E-state index in [1.54, 1.807) is 24.3 Å². The highest BCUT2D eigenvalue weighted by molar-refractivity contribution is 5.98. The first kappa shape index (κ1) is 20.4. The minimum atomic E-state index is -1.09. The van der Waals surface area contributed by atoms with Gasteiger partial charge in [0.15, 0.2) is 11.9 Å². The Morgan fingerprint density at radius 1 is 1.14 bits per heavy atom. The van der Waals surface area contributed by atoms with Gasteiger partial charge in [0.25, 0.3) is 11.8 Å². The lowest BCUT2D eigenvalue weighted by Gasteiger charge is -2.15. The smallest absolute Gasteiger partial charge is 0.310 e.